The third-order valence-electron chi connectivity index (χ3n) is 2.57. The molecule has 100 valence electrons. The number of nitrogens with one attached hydrogen (secondary N) is 1. The molecule has 0 spiro atoms. The van der Waals surface area contributed by atoms with Crippen molar-refractivity contribution in [2.75, 3.05) is 18.6 Å². The van der Waals surface area contributed by atoms with Gasteiger partial charge in [-0.15, -0.1) is 0 Å². The Morgan fingerprint density at radius 1 is 1.61 bits per heavy atom. The second-order valence-electron chi connectivity index (χ2n) is 4.09. The number of nitrogens with zero attached hydrogens (tertiary/aromatic N) is 1. The SMILES string of the molecule is CSCC(CCO)NC(=O)CCc1cccnc1. The highest BCUT2D eigenvalue weighted by atomic mass is 32.2. The summed E-state index contributed by atoms with van der Waals surface area (Å²) >= 11 is 1.67. The first-order chi connectivity index (χ1) is 8.76. The van der Waals surface area contributed by atoms with Crippen molar-refractivity contribution in [1.29, 1.82) is 0 Å². The van der Waals surface area contributed by atoms with Crippen LogP contribution >= 0.6 is 11.8 Å². The number of aliphatic hydroxyl groups excluding tert-OH is 1. The van der Waals surface area contributed by atoms with E-state index in [2.05, 4.69) is 10.3 Å². The molecule has 1 aromatic heterocycles. The van der Waals surface area contributed by atoms with Gasteiger partial charge in [-0.3, -0.25) is 9.78 Å². The summed E-state index contributed by atoms with van der Waals surface area (Å²) in [5.74, 6) is 0.866. The Kier molecular flexibility index (Phi) is 7.44. The summed E-state index contributed by atoms with van der Waals surface area (Å²) in [7, 11) is 0. The summed E-state index contributed by atoms with van der Waals surface area (Å²) in [5, 5.41) is 11.9. The summed E-state index contributed by atoms with van der Waals surface area (Å²) in [4.78, 5) is 15.8. The normalized spacial score (nSPS) is 12.1. The molecule has 0 bridgehead atoms. The third-order valence-corrected chi connectivity index (χ3v) is 3.31. The van der Waals surface area contributed by atoms with Crippen LogP contribution in [0.1, 0.15) is 18.4 Å². The molecule has 0 saturated carbocycles. The number of carbonyl (C=O) groups excluding carboxylic acids is 1. The first kappa shape index (κ1) is 15.0. The fraction of sp³-hybridized carbons (Fsp3) is 0.538. The van der Waals surface area contributed by atoms with Crippen molar-refractivity contribution < 1.29 is 9.90 Å². The number of amides is 1. The maximum absolute atomic E-state index is 11.8. The molecule has 1 rings (SSSR count). The first-order valence-corrected chi connectivity index (χ1v) is 7.43. The Balaban J connectivity index is 2.31. The van der Waals surface area contributed by atoms with E-state index in [1.165, 1.54) is 0 Å². The quantitative estimate of drug-likeness (QED) is 0.745. The smallest absolute Gasteiger partial charge is 0.220 e. The standard InChI is InChI=1S/C13H20N2O2S/c1-18-10-12(6-8-16)15-13(17)5-4-11-3-2-7-14-9-11/h2-3,7,9,12,16H,4-6,8,10H2,1H3,(H,15,17). The average Bonchev–Trinajstić information content (AvgIpc) is 2.38. The predicted molar refractivity (Wildman–Crippen MR) is 74.6 cm³/mol. The van der Waals surface area contributed by atoms with Crippen LogP contribution in [0, 0.1) is 0 Å². The summed E-state index contributed by atoms with van der Waals surface area (Å²) < 4.78 is 0. The molecular formula is C13H20N2O2S. The molecule has 0 aliphatic heterocycles. The van der Waals surface area contributed by atoms with Gasteiger partial charge in [0, 0.05) is 37.2 Å². The van der Waals surface area contributed by atoms with Crippen LogP contribution in [0.2, 0.25) is 0 Å². The fourth-order valence-corrected chi connectivity index (χ4v) is 2.31. The van der Waals surface area contributed by atoms with E-state index in [0.29, 0.717) is 19.3 Å². The van der Waals surface area contributed by atoms with E-state index in [0.717, 1.165) is 11.3 Å². The van der Waals surface area contributed by atoms with Gasteiger partial charge >= 0.3 is 0 Å². The van der Waals surface area contributed by atoms with Crippen molar-refractivity contribution in [3.05, 3.63) is 30.1 Å². The summed E-state index contributed by atoms with van der Waals surface area (Å²) in [6, 6.07) is 3.90. The van der Waals surface area contributed by atoms with E-state index in [9.17, 15) is 4.79 Å². The molecule has 0 aliphatic rings. The van der Waals surface area contributed by atoms with E-state index in [1.807, 2.05) is 18.4 Å². The number of carbonyl (C=O) groups is 1. The van der Waals surface area contributed by atoms with E-state index in [-0.39, 0.29) is 18.6 Å². The molecule has 1 aromatic rings. The second kappa shape index (κ2) is 8.94. The Morgan fingerprint density at radius 2 is 2.44 bits per heavy atom. The zero-order valence-corrected chi connectivity index (χ0v) is 11.4. The van der Waals surface area contributed by atoms with Gasteiger partial charge in [0.15, 0.2) is 0 Å². The highest BCUT2D eigenvalue weighted by Crippen LogP contribution is 2.04. The second-order valence-corrected chi connectivity index (χ2v) is 5.00. The molecule has 1 heterocycles. The molecule has 0 aromatic carbocycles. The minimum Gasteiger partial charge on any atom is -0.396 e. The van der Waals surface area contributed by atoms with Crippen LogP contribution < -0.4 is 5.32 Å². The number of rotatable bonds is 8. The van der Waals surface area contributed by atoms with Gasteiger partial charge in [-0.25, -0.2) is 0 Å². The predicted octanol–water partition coefficient (Wildman–Crippen LogP) is 1.24. The van der Waals surface area contributed by atoms with Crippen LogP contribution in [-0.2, 0) is 11.2 Å². The van der Waals surface area contributed by atoms with Crippen molar-refractivity contribution >= 4 is 17.7 Å². The largest absolute Gasteiger partial charge is 0.396 e. The van der Waals surface area contributed by atoms with Crippen molar-refractivity contribution in [2.45, 2.75) is 25.3 Å². The van der Waals surface area contributed by atoms with Gasteiger partial charge in [-0.2, -0.15) is 11.8 Å². The third kappa shape index (κ3) is 6.02. The number of thioether (sulfide) groups is 1. The number of aromatic nitrogens is 1. The molecule has 1 atom stereocenters. The van der Waals surface area contributed by atoms with Crippen molar-refractivity contribution in [3.63, 3.8) is 0 Å². The lowest BCUT2D eigenvalue weighted by Crippen LogP contribution is -2.37. The van der Waals surface area contributed by atoms with Gasteiger partial charge < -0.3 is 10.4 Å². The van der Waals surface area contributed by atoms with Crippen LogP contribution in [0.3, 0.4) is 0 Å². The number of hydrogen-bond acceptors (Lipinski definition) is 4. The first-order valence-electron chi connectivity index (χ1n) is 6.04. The molecule has 1 unspecified atom stereocenters. The average molecular weight is 268 g/mol. The van der Waals surface area contributed by atoms with Crippen LogP contribution in [0.25, 0.3) is 0 Å². The Morgan fingerprint density at radius 3 is 3.06 bits per heavy atom. The molecule has 0 radical (unpaired) electrons. The Bertz CT molecular complexity index is 340. The van der Waals surface area contributed by atoms with E-state index in [1.54, 1.807) is 24.2 Å². The van der Waals surface area contributed by atoms with Gasteiger partial charge in [0.1, 0.15) is 0 Å². The number of aryl methyl sites for hydroxylation is 1. The lowest BCUT2D eigenvalue weighted by Gasteiger charge is -2.16. The van der Waals surface area contributed by atoms with Crippen LogP contribution in [0.5, 0.6) is 0 Å². The van der Waals surface area contributed by atoms with Crippen molar-refractivity contribution in [3.8, 4) is 0 Å². The fourth-order valence-electron chi connectivity index (χ4n) is 1.66. The van der Waals surface area contributed by atoms with Crippen molar-refractivity contribution in [1.82, 2.24) is 10.3 Å². The van der Waals surface area contributed by atoms with Gasteiger partial charge in [0.25, 0.3) is 0 Å². The Hall–Kier alpha value is -1.07. The molecule has 0 saturated heterocycles. The molecule has 2 N–H and O–H groups in total. The van der Waals surface area contributed by atoms with Gasteiger partial charge in [0.2, 0.25) is 5.91 Å². The molecule has 1 amide bonds. The molecule has 5 heteroatoms. The maximum atomic E-state index is 11.8. The molecule has 0 fully saturated rings. The topological polar surface area (TPSA) is 62.2 Å². The minimum atomic E-state index is 0.0337. The van der Waals surface area contributed by atoms with Crippen LogP contribution in [0.4, 0.5) is 0 Å². The maximum Gasteiger partial charge on any atom is 0.220 e. The Labute approximate surface area is 112 Å². The highest BCUT2D eigenvalue weighted by molar-refractivity contribution is 7.98. The zero-order valence-electron chi connectivity index (χ0n) is 10.6. The number of pyridine rings is 1. The summed E-state index contributed by atoms with van der Waals surface area (Å²) in [6.07, 6.45) is 7.26. The number of aliphatic hydroxyl groups is 1. The van der Waals surface area contributed by atoms with E-state index < -0.39 is 0 Å². The van der Waals surface area contributed by atoms with Gasteiger partial charge in [-0.1, -0.05) is 6.07 Å². The molecule has 18 heavy (non-hydrogen) atoms. The van der Waals surface area contributed by atoms with Crippen molar-refractivity contribution in [2.24, 2.45) is 0 Å². The molecular weight excluding hydrogens is 248 g/mol. The minimum absolute atomic E-state index is 0.0337. The number of hydrogen-bond donors (Lipinski definition) is 2. The van der Waals surface area contributed by atoms with Gasteiger partial charge in [-0.05, 0) is 30.7 Å². The summed E-state index contributed by atoms with van der Waals surface area (Å²) in [5.41, 5.74) is 1.07. The summed E-state index contributed by atoms with van der Waals surface area (Å²) in [6.45, 7) is 0.105. The van der Waals surface area contributed by atoms with Crippen LogP contribution in [0.15, 0.2) is 24.5 Å². The van der Waals surface area contributed by atoms with E-state index >= 15 is 0 Å². The molecule has 0 aliphatic carbocycles. The van der Waals surface area contributed by atoms with Crippen LogP contribution in [-0.4, -0.2) is 40.7 Å². The van der Waals surface area contributed by atoms with Gasteiger partial charge in [0.05, 0.1) is 0 Å². The lowest BCUT2D eigenvalue weighted by molar-refractivity contribution is -0.121. The monoisotopic (exact) mass is 268 g/mol. The zero-order chi connectivity index (χ0) is 13.2. The molecule has 4 nitrogen and oxygen atoms in total. The highest BCUT2D eigenvalue weighted by Gasteiger charge is 2.11. The lowest BCUT2D eigenvalue weighted by atomic mass is 10.1. The van der Waals surface area contributed by atoms with E-state index in [4.69, 9.17) is 5.11 Å².